The minimum absolute atomic E-state index is 0.214. The number of hydrogen-bond acceptors (Lipinski definition) is 5. The average molecular weight is 502 g/mol. The van der Waals surface area contributed by atoms with Gasteiger partial charge in [-0.15, -0.1) is 0 Å². The standard InChI is InChI=1S/C31H27N5O2/c1-19-15-36(3)28-6-4-5-24(29(19)28)26-10-9-21-13-33-23(12-27(21)35-26)14-34-30(37)20-7-8-22-16-38-18-31(2,17-32)25(22)11-20/h4-13,15H,14,16,18H2,1-3H3,(H,34,37)/t31-/m1/s1. The summed E-state index contributed by atoms with van der Waals surface area (Å²) < 4.78 is 7.71. The van der Waals surface area contributed by atoms with Gasteiger partial charge in [-0.25, -0.2) is 4.98 Å². The van der Waals surface area contributed by atoms with Crippen molar-refractivity contribution in [3.63, 3.8) is 0 Å². The van der Waals surface area contributed by atoms with E-state index >= 15 is 0 Å². The number of carbonyl (C=O) groups is 1. The van der Waals surface area contributed by atoms with Crippen LogP contribution in [0, 0.1) is 18.3 Å². The topological polar surface area (TPSA) is 92.8 Å². The highest BCUT2D eigenvalue weighted by atomic mass is 16.5. The molecule has 5 aromatic rings. The van der Waals surface area contributed by atoms with Crippen LogP contribution >= 0.6 is 0 Å². The van der Waals surface area contributed by atoms with Crippen molar-refractivity contribution in [3.05, 3.63) is 94.9 Å². The molecule has 1 N–H and O–H groups in total. The van der Waals surface area contributed by atoms with Crippen LogP contribution < -0.4 is 5.32 Å². The third kappa shape index (κ3) is 4.00. The highest BCUT2D eigenvalue weighted by molar-refractivity contribution is 5.98. The lowest BCUT2D eigenvalue weighted by Gasteiger charge is -2.30. The molecule has 7 nitrogen and oxygen atoms in total. The molecule has 4 heterocycles. The molecule has 1 amide bonds. The average Bonchev–Trinajstić information content (AvgIpc) is 3.24. The van der Waals surface area contributed by atoms with E-state index in [1.807, 2.05) is 37.3 Å². The van der Waals surface area contributed by atoms with Gasteiger partial charge in [0.1, 0.15) is 5.41 Å². The lowest BCUT2D eigenvalue weighted by atomic mass is 9.79. The first-order chi connectivity index (χ1) is 18.4. The molecule has 2 aromatic carbocycles. The molecule has 1 atom stereocenters. The van der Waals surface area contributed by atoms with Gasteiger partial charge in [0.25, 0.3) is 5.91 Å². The fraction of sp³-hybridized carbons (Fsp3) is 0.226. The Bertz CT molecular complexity index is 1780. The van der Waals surface area contributed by atoms with Crippen LogP contribution in [0.3, 0.4) is 0 Å². The zero-order valence-electron chi connectivity index (χ0n) is 21.6. The second-order valence-electron chi connectivity index (χ2n) is 10.2. The predicted octanol–water partition coefficient (Wildman–Crippen LogP) is 5.34. The van der Waals surface area contributed by atoms with Crippen molar-refractivity contribution < 1.29 is 9.53 Å². The van der Waals surface area contributed by atoms with E-state index in [4.69, 9.17) is 9.72 Å². The minimum atomic E-state index is -0.768. The normalized spacial score (nSPS) is 16.8. The zero-order valence-corrected chi connectivity index (χ0v) is 21.6. The lowest BCUT2D eigenvalue weighted by molar-refractivity contribution is 0.0757. The van der Waals surface area contributed by atoms with Crippen LogP contribution in [0.4, 0.5) is 0 Å². The summed E-state index contributed by atoms with van der Waals surface area (Å²) in [6.45, 7) is 4.99. The number of rotatable bonds is 4. The van der Waals surface area contributed by atoms with Crippen LogP contribution in [0.15, 0.2) is 67.0 Å². The summed E-state index contributed by atoms with van der Waals surface area (Å²) in [6.07, 6.45) is 3.93. The molecule has 0 radical (unpaired) electrons. The molecule has 38 heavy (non-hydrogen) atoms. The summed E-state index contributed by atoms with van der Waals surface area (Å²) in [5, 5.41) is 14.8. The molecule has 3 aromatic heterocycles. The molecule has 7 heteroatoms. The van der Waals surface area contributed by atoms with E-state index < -0.39 is 5.41 Å². The number of nitrogens with zero attached hydrogens (tertiary/aromatic N) is 4. The van der Waals surface area contributed by atoms with Crippen LogP contribution in [0.1, 0.15) is 39.7 Å². The third-order valence-corrected chi connectivity index (χ3v) is 7.40. The van der Waals surface area contributed by atoms with E-state index in [9.17, 15) is 10.1 Å². The van der Waals surface area contributed by atoms with Gasteiger partial charge in [0.15, 0.2) is 0 Å². The second kappa shape index (κ2) is 9.09. The Morgan fingerprint density at radius 3 is 2.92 bits per heavy atom. The summed E-state index contributed by atoms with van der Waals surface area (Å²) >= 11 is 0. The fourth-order valence-corrected chi connectivity index (χ4v) is 5.36. The number of ether oxygens (including phenoxy) is 1. The molecule has 0 saturated heterocycles. The van der Waals surface area contributed by atoms with Crippen molar-refractivity contribution in [2.45, 2.75) is 32.4 Å². The summed E-state index contributed by atoms with van der Waals surface area (Å²) in [4.78, 5) is 22.5. The smallest absolute Gasteiger partial charge is 0.251 e. The summed E-state index contributed by atoms with van der Waals surface area (Å²) in [7, 11) is 2.06. The monoisotopic (exact) mass is 501 g/mol. The van der Waals surface area contributed by atoms with Crippen molar-refractivity contribution in [1.29, 1.82) is 5.26 Å². The van der Waals surface area contributed by atoms with Crippen molar-refractivity contribution in [1.82, 2.24) is 19.9 Å². The predicted molar refractivity (Wildman–Crippen MR) is 146 cm³/mol. The highest BCUT2D eigenvalue weighted by Gasteiger charge is 2.33. The van der Waals surface area contributed by atoms with E-state index in [-0.39, 0.29) is 12.5 Å². The molecule has 1 aliphatic heterocycles. The summed E-state index contributed by atoms with van der Waals surface area (Å²) in [5.41, 5.74) is 7.46. The van der Waals surface area contributed by atoms with Crippen molar-refractivity contribution in [2.24, 2.45) is 7.05 Å². The first-order valence-corrected chi connectivity index (χ1v) is 12.6. The van der Waals surface area contributed by atoms with Crippen molar-refractivity contribution in [2.75, 3.05) is 6.61 Å². The maximum atomic E-state index is 13.0. The van der Waals surface area contributed by atoms with Gasteiger partial charge < -0.3 is 14.6 Å². The number of carbonyl (C=O) groups excluding carboxylic acids is 1. The Labute approximate surface area is 220 Å². The Hall–Kier alpha value is -4.54. The molecule has 0 saturated carbocycles. The van der Waals surface area contributed by atoms with Gasteiger partial charge in [-0.05, 0) is 66.9 Å². The molecule has 0 spiro atoms. The molecular formula is C31H27N5O2. The van der Waals surface area contributed by atoms with Crippen LogP contribution in [0.5, 0.6) is 0 Å². The zero-order chi connectivity index (χ0) is 26.4. The quantitative estimate of drug-likeness (QED) is 0.359. The van der Waals surface area contributed by atoms with E-state index in [1.54, 1.807) is 12.3 Å². The number of hydrogen-bond donors (Lipinski definition) is 1. The van der Waals surface area contributed by atoms with Crippen LogP contribution in [0.2, 0.25) is 0 Å². The van der Waals surface area contributed by atoms with Crippen LogP contribution in [-0.4, -0.2) is 27.0 Å². The Balaban J connectivity index is 1.26. The second-order valence-corrected chi connectivity index (χ2v) is 10.2. The van der Waals surface area contributed by atoms with E-state index in [0.717, 1.165) is 39.0 Å². The third-order valence-electron chi connectivity index (χ3n) is 7.40. The first kappa shape index (κ1) is 23.8. The molecule has 188 valence electrons. The summed E-state index contributed by atoms with van der Waals surface area (Å²) in [5.74, 6) is -0.214. The van der Waals surface area contributed by atoms with E-state index in [2.05, 4.69) is 59.3 Å². The Morgan fingerprint density at radius 2 is 2.08 bits per heavy atom. The Kier molecular flexibility index (Phi) is 5.70. The van der Waals surface area contributed by atoms with Crippen molar-refractivity contribution >= 4 is 27.7 Å². The van der Waals surface area contributed by atoms with Crippen LogP contribution in [-0.2, 0) is 30.4 Å². The maximum absolute atomic E-state index is 13.0. The molecular weight excluding hydrogens is 474 g/mol. The van der Waals surface area contributed by atoms with E-state index in [0.29, 0.717) is 18.8 Å². The molecule has 0 aliphatic carbocycles. The number of fused-ring (bicyclic) bond motifs is 3. The number of aromatic nitrogens is 3. The Morgan fingerprint density at radius 1 is 1.21 bits per heavy atom. The van der Waals surface area contributed by atoms with Gasteiger partial charge in [-0.2, -0.15) is 5.26 Å². The van der Waals surface area contributed by atoms with E-state index in [1.165, 1.54) is 16.5 Å². The number of benzene rings is 2. The SMILES string of the molecule is Cc1cn(C)c2cccc(-c3ccc4cnc(CNC(=O)c5ccc6c(c5)[C@](C)(C#N)COC6)cc4n3)c12. The number of pyridine rings is 2. The minimum Gasteiger partial charge on any atom is -0.375 e. The fourth-order valence-electron chi connectivity index (χ4n) is 5.36. The molecule has 0 unspecified atom stereocenters. The van der Waals surface area contributed by atoms with Gasteiger partial charge in [0, 0.05) is 46.9 Å². The first-order valence-electron chi connectivity index (χ1n) is 12.6. The number of nitriles is 1. The van der Waals surface area contributed by atoms with Gasteiger partial charge in [0.2, 0.25) is 0 Å². The van der Waals surface area contributed by atoms with Crippen LogP contribution in [0.25, 0.3) is 33.1 Å². The number of aryl methyl sites for hydroxylation is 2. The molecule has 6 rings (SSSR count). The van der Waals surface area contributed by atoms with Gasteiger partial charge in [0.05, 0.1) is 42.7 Å². The largest absolute Gasteiger partial charge is 0.375 e. The molecule has 0 fully saturated rings. The molecule has 0 bridgehead atoms. The van der Waals surface area contributed by atoms with Gasteiger partial charge in [-0.1, -0.05) is 18.2 Å². The number of nitrogens with one attached hydrogen (secondary N) is 1. The highest BCUT2D eigenvalue weighted by Crippen LogP contribution is 2.33. The number of amides is 1. The van der Waals surface area contributed by atoms with Gasteiger partial charge in [-0.3, -0.25) is 9.78 Å². The maximum Gasteiger partial charge on any atom is 0.251 e. The molecule has 1 aliphatic rings. The lowest BCUT2D eigenvalue weighted by Crippen LogP contribution is -2.33. The summed E-state index contributed by atoms with van der Waals surface area (Å²) in [6, 6.07) is 20.1. The van der Waals surface area contributed by atoms with Gasteiger partial charge >= 0.3 is 0 Å². The van der Waals surface area contributed by atoms with Crippen molar-refractivity contribution in [3.8, 4) is 17.3 Å².